The molecule has 0 radical (unpaired) electrons. The second-order valence-electron chi connectivity index (χ2n) is 7.30. The number of hydrogen-bond acceptors (Lipinski definition) is 2. The largest absolute Gasteiger partial charge is 0.241 e. The summed E-state index contributed by atoms with van der Waals surface area (Å²) in [4.78, 5) is 6.85. The average Bonchev–Trinajstić information content (AvgIpc) is 3.09. The Morgan fingerprint density at radius 1 is 0.739 bits per heavy atom. The maximum atomic E-state index is 5.20. The Hall–Kier alpha value is -1.15. The van der Waals surface area contributed by atoms with Crippen LogP contribution in [0.4, 0.5) is 0 Å². The van der Waals surface area contributed by atoms with Gasteiger partial charge in [0.05, 0.1) is 5.69 Å². The van der Waals surface area contributed by atoms with Crippen molar-refractivity contribution in [1.29, 1.82) is 0 Å². The van der Waals surface area contributed by atoms with Crippen molar-refractivity contribution in [2.75, 3.05) is 0 Å². The van der Waals surface area contributed by atoms with Gasteiger partial charge in [0, 0.05) is 16.4 Å². The number of nitrogens with zero attached hydrogens (tertiary/aromatic N) is 1. The first-order valence-corrected chi connectivity index (χ1v) is 10.3. The van der Waals surface area contributed by atoms with Gasteiger partial charge in [-0.3, -0.25) is 0 Å². The third kappa shape index (κ3) is 3.38. The lowest BCUT2D eigenvalue weighted by Crippen LogP contribution is -2.11. The highest BCUT2D eigenvalue weighted by Gasteiger charge is 2.28. The van der Waals surface area contributed by atoms with E-state index in [9.17, 15) is 0 Å². The van der Waals surface area contributed by atoms with Crippen LogP contribution in [0.5, 0.6) is 0 Å². The van der Waals surface area contributed by atoms with Crippen molar-refractivity contribution in [2.45, 2.75) is 76.0 Å². The zero-order valence-electron chi connectivity index (χ0n) is 14.0. The van der Waals surface area contributed by atoms with Crippen LogP contribution in [0.1, 0.15) is 86.6 Å². The number of aromatic nitrogens is 1. The Kier molecular flexibility index (Phi) is 4.80. The van der Waals surface area contributed by atoms with E-state index in [0.717, 1.165) is 11.8 Å². The number of rotatable bonds is 3. The molecule has 4 rings (SSSR count). The first kappa shape index (κ1) is 15.4. The number of hydrogen-bond donors (Lipinski definition) is 0. The minimum atomic E-state index is 0.731. The van der Waals surface area contributed by atoms with Crippen molar-refractivity contribution in [1.82, 2.24) is 4.98 Å². The second-order valence-corrected chi connectivity index (χ2v) is 8.34. The predicted molar refractivity (Wildman–Crippen MR) is 99.2 cm³/mol. The van der Waals surface area contributed by atoms with Gasteiger partial charge in [0.2, 0.25) is 0 Å². The Bertz CT molecular complexity index is 583. The van der Waals surface area contributed by atoms with E-state index in [1.165, 1.54) is 80.5 Å². The average molecular weight is 326 g/mol. The van der Waals surface area contributed by atoms with E-state index in [-0.39, 0.29) is 0 Å². The third-order valence-corrected chi connectivity index (χ3v) is 6.95. The second kappa shape index (κ2) is 7.17. The summed E-state index contributed by atoms with van der Waals surface area (Å²) in [5.41, 5.74) is 2.79. The van der Waals surface area contributed by atoms with Gasteiger partial charge in [-0.25, -0.2) is 4.98 Å². The fraction of sp³-hybridized carbons (Fsp3) is 0.571. The quantitative estimate of drug-likeness (QED) is 0.597. The van der Waals surface area contributed by atoms with Crippen LogP contribution >= 0.6 is 11.3 Å². The lowest BCUT2D eigenvalue weighted by molar-refractivity contribution is 0.418. The van der Waals surface area contributed by atoms with E-state index in [1.807, 2.05) is 11.3 Å². The van der Waals surface area contributed by atoms with E-state index in [4.69, 9.17) is 4.98 Å². The number of thiazole rings is 1. The van der Waals surface area contributed by atoms with Gasteiger partial charge >= 0.3 is 0 Å². The molecule has 2 aliphatic carbocycles. The molecule has 2 saturated carbocycles. The van der Waals surface area contributed by atoms with Gasteiger partial charge in [-0.15, -0.1) is 11.3 Å². The Labute approximate surface area is 144 Å². The third-order valence-electron chi connectivity index (χ3n) is 5.67. The molecule has 122 valence electrons. The zero-order chi connectivity index (χ0) is 15.5. The van der Waals surface area contributed by atoms with Gasteiger partial charge in [0.15, 0.2) is 0 Å². The molecule has 0 saturated heterocycles. The molecule has 1 aromatic carbocycles. The first-order chi connectivity index (χ1) is 11.4. The van der Waals surface area contributed by atoms with Crippen molar-refractivity contribution >= 4 is 11.3 Å². The summed E-state index contributed by atoms with van der Waals surface area (Å²) in [5, 5.41) is 1.26. The molecule has 0 amide bonds. The summed E-state index contributed by atoms with van der Waals surface area (Å²) in [6.07, 6.45) is 14.0. The Morgan fingerprint density at radius 3 is 2.00 bits per heavy atom. The molecular weight excluding hydrogens is 298 g/mol. The first-order valence-electron chi connectivity index (χ1n) is 9.48. The lowest BCUT2D eigenvalue weighted by Gasteiger charge is -2.25. The molecule has 2 fully saturated rings. The maximum absolute atomic E-state index is 5.20. The zero-order valence-corrected chi connectivity index (χ0v) is 14.8. The topological polar surface area (TPSA) is 12.9 Å². The SMILES string of the molecule is c1ccc(-c2nc(C3CCCCC3)c(C3CCCCC3)s2)cc1. The normalized spacial score (nSPS) is 20.7. The number of benzene rings is 1. The maximum Gasteiger partial charge on any atom is 0.123 e. The van der Waals surface area contributed by atoms with Gasteiger partial charge < -0.3 is 0 Å². The van der Waals surface area contributed by atoms with Gasteiger partial charge in [0.25, 0.3) is 0 Å². The minimum absolute atomic E-state index is 0.731. The fourth-order valence-electron chi connectivity index (χ4n) is 4.37. The molecule has 2 aromatic rings. The minimum Gasteiger partial charge on any atom is -0.241 e. The smallest absolute Gasteiger partial charge is 0.123 e. The van der Waals surface area contributed by atoms with E-state index in [0.29, 0.717) is 0 Å². The van der Waals surface area contributed by atoms with Crippen LogP contribution in [0.25, 0.3) is 10.6 Å². The van der Waals surface area contributed by atoms with E-state index in [2.05, 4.69) is 30.3 Å². The summed E-state index contributed by atoms with van der Waals surface area (Å²) < 4.78 is 0. The molecule has 1 heterocycles. The van der Waals surface area contributed by atoms with Crippen LogP contribution in [-0.2, 0) is 0 Å². The van der Waals surface area contributed by atoms with Crippen molar-refractivity contribution in [3.8, 4) is 10.6 Å². The van der Waals surface area contributed by atoms with Crippen molar-refractivity contribution in [2.24, 2.45) is 0 Å². The molecule has 1 nitrogen and oxygen atoms in total. The lowest BCUT2D eigenvalue weighted by atomic mass is 9.82. The Balaban J connectivity index is 1.70. The van der Waals surface area contributed by atoms with Crippen molar-refractivity contribution in [3.63, 3.8) is 0 Å². The molecule has 0 spiro atoms. The van der Waals surface area contributed by atoms with Crippen LogP contribution in [0.3, 0.4) is 0 Å². The summed E-state index contributed by atoms with van der Waals surface area (Å²) in [6, 6.07) is 10.8. The monoisotopic (exact) mass is 325 g/mol. The summed E-state index contributed by atoms with van der Waals surface area (Å²) in [7, 11) is 0. The molecule has 23 heavy (non-hydrogen) atoms. The van der Waals surface area contributed by atoms with Crippen molar-refractivity contribution in [3.05, 3.63) is 40.9 Å². The molecule has 2 heteroatoms. The highest BCUT2D eigenvalue weighted by atomic mass is 32.1. The molecule has 0 bridgehead atoms. The highest BCUT2D eigenvalue weighted by molar-refractivity contribution is 7.15. The van der Waals surface area contributed by atoms with E-state index < -0.39 is 0 Å². The van der Waals surface area contributed by atoms with Gasteiger partial charge in [0.1, 0.15) is 5.01 Å². The van der Waals surface area contributed by atoms with Gasteiger partial charge in [-0.2, -0.15) is 0 Å². The summed E-state index contributed by atoms with van der Waals surface area (Å²) >= 11 is 2.00. The van der Waals surface area contributed by atoms with E-state index >= 15 is 0 Å². The summed E-state index contributed by atoms with van der Waals surface area (Å²) in [6.45, 7) is 0. The predicted octanol–water partition coefficient (Wildman–Crippen LogP) is 6.91. The highest BCUT2D eigenvalue weighted by Crippen LogP contribution is 2.45. The molecule has 0 aliphatic heterocycles. The van der Waals surface area contributed by atoms with Crippen LogP contribution in [0.15, 0.2) is 30.3 Å². The van der Waals surface area contributed by atoms with Crippen LogP contribution in [-0.4, -0.2) is 4.98 Å². The molecule has 2 aliphatic rings. The van der Waals surface area contributed by atoms with Crippen LogP contribution < -0.4 is 0 Å². The van der Waals surface area contributed by atoms with Gasteiger partial charge in [-0.05, 0) is 31.6 Å². The molecule has 0 N–H and O–H groups in total. The molecule has 0 unspecified atom stereocenters. The van der Waals surface area contributed by atoms with E-state index in [1.54, 1.807) is 4.88 Å². The van der Waals surface area contributed by atoms with Crippen LogP contribution in [0, 0.1) is 0 Å². The van der Waals surface area contributed by atoms with Crippen molar-refractivity contribution < 1.29 is 0 Å². The molecule has 1 aromatic heterocycles. The Morgan fingerprint density at radius 2 is 1.35 bits per heavy atom. The standard InChI is InChI=1S/C21H27NS/c1-4-10-16(11-5-1)19-20(17-12-6-2-7-13-17)23-21(22-19)18-14-8-3-9-15-18/h3,8-9,14-17H,1-2,4-7,10-13H2. The summed E-state index contributed by atoms with van der Waals surface area (Å²) in [5.74, 6) is 1.52. The van der Waals surface area contributed by atoms with Crippen LogP contribution in [0.2, 0.25) is 0 Å². The molecular formula is C21H27NS. The fourth-order valence-corrected chi connectivity index (χ4v) is 5.70. The molecule has 0 atom stereocenters. The van der Waals surface area contributed by atoms with Gasteiger partial charge in [-0.1, -0.05) is 68.9 Å².